The van der Waals surface area contributed by atoms with Crippen molar-refractivity contribution in [3.63, 3.8) is 0 Å². The molecule has 0 spiro atoms. The Hall–Kier alpha value is -7.82. The Labute approximate surface area is 334 Å². The summed E-state index contributed by atoms with van der Waals surface area (Å²) in [6, 6.07) is 73.6. The molecule has 3 aromatic heterocycles. The minimum absolute atomic E-state index is 0.859. The summed E-state index contributed by atoms with van der Waals surface area (Å²) in [7, 11) is 0. The van der Waals surface area contributed by atoms with E-state index < -0.39 is 0 Å². The number of fused-ring (bicyclic) bond motifs is 11. The molecule has 0 unspecified atom stereocenters. The average Bonchev–Trinajstić information content (AvgIpc) is 3.84. The lowest BCUT2D eigenvalue weighted by molar-refractivity contribution is 1.15. The summed E-state index contributed by atoms with van der Waals surface area (Å²) >= 11 is 0. The second kappa shape index (κ2) is 12.9. The highest BCUT2D eigenvalue weighted by Crippen LogP contribution is 2.47. The average molecular weight is 739 g/mol. The van der Waals surface area contributed by atoms with Crippen LogP contribution in [0.25, 0.3) is 110 Å². The van der Waals surface area contributed by atoms with Gasteiger partial charge in [-0.15, -0.1) is 0 Å². The summed E-state index contributed by atoms with van der Waals surface area (Å²) in [5.41, 5.74) is 14.8. The molecule has 0 bridgehead atoms. The molecule has 4 heteroatoms. The van der Waals surface area contributed by atoms with Gasteiger partial charge in [-0.25, -0.2) is 9.97 Å². The molecular weight excluding hydrogens is 705 g/mol. The maximum Gasteiger partial charge on any atom is 0.0973 e. The highest BCUT2D eigenvalue weighted by atomic mass is 15.0. The van der Waals surface area contributed by atoms with Gasteiger partial charge < -0.3 is 9.13 Å². The van der Waals surface area contributed by atoms with E-state index in [1.165, 1.54) is 60.0 Å². The van der Waals surface area contributed by atoms with Gasteiger partial charge in [-0.2, -0.15) is 0 Å². The van der Waals surface area contributed by atoms with E-state index in [0.29, 0.717) is 0 Å². The van der Waals surface area contributed by atoms with Crippen molar-refractivity contribution in [3.05, 3.63) is 206 Å². The Balaban J connectivity index is 1.11. The first kappa shape index (κ1) is 32.4. The van der Waals surface area contributed by atoms with Crippen LogP contribution in [0.1, 0.15) is 0 Å². The molecule has 270 valence electrons. The normalized spacial score (nSPS) is 11.8. The summed E-state index contributed by atoms with van der Waals surface area (Å²) in [4.78, 5) is 10.5. The molecule has 0 amide bonds. The van der Waals surface area contributed by atoms with E-state index in [1.54, 1.807) is 0 Å². The Morgan fingerprint density at radius 3 is 1.16 bits per heavy atom. The van der Waals surface area contributed by atoms with Crippen molar-refractivity contribution in [1.82, 2.24) is 19.1 Å². The number of nitrogens with zero attached hydrogens (tertiary/aromatic N) is 4. The van der Waals surface area contributed by atoms with E-state index in [-0.39, 0.29) is 0 Å². The predicted molar refractivity (Wildman–Crippen MR) is 242 cm³/mol. The highest BCUT2D eigenvalue weighted by Gasteiger charge is 2.24. The van der Waals surface area contributed by atoms with Gasteiger partial charge in [0, 0.05) is 44.0 Å². The van der Waals surface area contributed by atoms with Crippen LogP contribution in [0.5, 0.6) is 0 Å². The maximum absolute atomic E-state index is 5.27. The maximum atomic E-state index is 5.27. The largest absolute Gasteiger partial charge is 0.307 e. The molecule has 12 rings (SSSR count). The first-order valence-electron chi connectivity index (χ1n) is 19.8. The van der Waals surface area contributed by atoms with Crippen LogP contribution in [0.15, 0.2) is 206 Å². The number of hydrogen-bond acceptors (Lipinski definition) is 2. The van der Waals surface area contributed by atoms with E-state index in [4.69, 9.17) is 9.97 Å². The standard InChI is InChI=1S/C54H34N4/c1-3-15-35(16-4-1)36-27-29-37(30-28-36)51-52(56-46-24-12-11-23-45(46)55-51)38-31-33-40(34-32-38)58-48-26-14-10-22-44(48)50-42-20-8-7-19-41(42)49-43-21-9-13-25-47(43)57(53(49)54(50)58)39-17-5-2-6-18-39/h1-34H. The predicted octanol–water partition coefficient (Wildman–Crippen LogP) is 14.0. The zero-order valence-electron chi connectivity index (χ0n) is 31.4. The third kappa shape index (κ3) is 4.88. The Kier molecular flexibility index (Phi) is 7.20. The summed E-state index contributed by atoms with van der Waals surface area (Å²) in [5.74, 6) is 0. The van der Waals surface area contributed by atoms with Crippen LogP contribution in [0.3, 0.4) is 0 Å². The molecule has 58 heavy (non-hydrogen) atoms. The molecule has 0 aliphatic carbocycles. The minimum Gasteiger partial charge on any atom is -0.307 e. The number of benzene rings is 9. The van der Waals surface area contributed by atoms with Gasteiger partial charge in [-0.1, -0.05) is 158 Å². The van der Waals surface area contributed by atoms with Crippen molar-refractivity contribution in [3.8, 4) is 45.0 Å². The fraction of sp³-hybridized carbons (Fsp3) is 0. The van der Waals surface area contributed by atoms with Gasteiger partial charge in [0.05, 0.1) is 44.5 Å². The molecule has 0 atom stereocenters. The Bertz CT molecular complexity index is 3530. The highest BCUT2D eigenvalue weighted by molar-refractivity contribution is 6.36. The SMILES string of the molecule is c1ccc(-c2ccc(-c3nc4ccccc4nc3-c3ccc(-n4c5ccccc5c5c6ccccc6c6c7ccccc7n(-c7ccccc7)c6c54)cc3)cc2)cc1. The van der Waals surface area contributed by atoms with E-state index >= 15 is 0 Å². The van der Waals surface area contributed by atoms with Gasteiger partial charge in [-0.05, 0) is 70.4 Å². The molecule has 0 aliphatic rings. The van der Waals surface area contributed by atoms with Crippen LogP contribution in [-0.4, -0.2) is 19.1 Å². The van der Waals surface area contributed by atoms with Gasteiger partial charge in [0.15, 0.2) is 0 Å². The zero-order chi connectivity index (χ0) is 38.2. The second-order valence-electron chi connectivity index (χ2n) is 14.9. The monoisotopic (exact) mass is 738 g/mol. The van der Waals surface area contributed by atoms with Crippen LogP contribution >= 0.6 is 0 Å². The Morgan fingerprint density at radius 1 is 0.276 bits per heavy atom. The minimum atomic E-state index is 0.859. The molecule has 0 radical (unpaired) electrons. The van der Waals surface area contributed by atoms with E-state index in [1.807, 2.05) is 30.3 Å². The molecule has 12 aromatic rings. The number of para-hydroxylation sites is 5. The fourth-order valence-corrected chi connectivity index (χ4v) is 9.13. The topological polar surface area (TPSA) is 35.6 Å². The van der Waals surface area contributed by atoms with Crippen LogP contribution in [0.2, 0.25) is 0 Å². The van der Waals surface area contributed by atoms with Crippen molar-refractivity contribution < 1.29 is 0 Å². The lowest BCUT2D eigenvalue weighted by Crippen LogP contribution is -1.99. The van der Waals surface area contributed by atoms with Crippen LogP contribution in [0.4, 0.5) is 0 Å². The Morgan fingerprint density at radius 2 is 0.638 bits per heavy atom. The fourth-order valence-electron chi connectivity index (χ4n) is 9.13. The van der Waals surface area contributed by atoms with Crippen molar-refractivity contribution in [1.29, 1.82) is 0 Å². The molecule has 0 saturated carbocycles. The van der Waals surface area contributed by atoms with Crippen molar-refractivity contribution in [2.24, 2.45) is 0 Å². The number of rotatable bonds is 5. The molecule has 4 nitrogen and oxygen atoms in total. The summed E-state index contributed by atoms with van der Waals surface area (Å²) in [6.07, 6.45) is 0. The third-order valence-electron chi connectivity index (χ3n) is 11.7. The molecule has 0 N–H and O–H groups in total. The molecule has 0 aliphatic heterocycles. The van der Waals surface area contributed by atoms with Gasteiger partial charge in [0.1, 0.15) is 0 Å². The van der Waals surface area contributed by atoms with E-state index in [2.05, 4.69) is 185 Å². The zero-order valence-corrected chi connectivity index (χ0v) is 31.4. The molecule has 9 aromatic carbocycles. The van der Waals surface area contributed by atoms with Gasteiger partial charge in [0.25, 0.3) is 0 Å². The third-order valence-corrected chi connectivity index (χ3v) is 11.7. The molecule has 0 saturated heterocycles. The van der Waals surface area contributed by atoms with Crippen LogP contribution in [0, 0.1) is 0 Å². The molecule has 0 fully saturated rings. The van der Waals surface area contributed by atoms with Crippen LogP contribution in [-0.2, 0) is 0 Å². The van der Waals surface area contributed by atoms with Crippen molar-refractivity contribution in [2.75, 3.05) is 0 Å². The summed E-state index contributed by atoms with van der Waals surface area (Å²) < 4.78 is 4.93. The first-order valence-corrected chi connectivity index (χ1v) is 19.8. The van der Waals surface area contributed by atoms with Gasteiger partial charge in [-0.3, -0.25) is 0 Å². The summed E-state index contributed by atoms with van der Waals surface area (Å²) in [6.45, 7) is 0. The quantitative estimate of drug-likeness (QED) is 0.176. The number of aromatic nitrogens is 4. The van der Waals surface area contributed by atoms with Crippen molar-refractivity contribution >= 4 is 65.4 Å². The van der Waals surface area contributed by atoms with E-state index in [0.717, 1.165) is 50.4 Å². The lowest BCUT2D eigenvalue weighted by Gasteiger charge is -2.15. The molecular formula is C54H34N4. The van der Waals surface area contributed by atoms with Gasteiger partial charge in [0.2, 0.25) is 0 Å². The number of hydrogen-bond donors (Lipinski definition) is 0. The molecule has 3 heterocycles. The van der Waals surface area contributed by atoms with Gasteiger partial charge >= 0.3 is 0 Å². The first-order chi connectivity index (χ1) is 28.8. The van der Waals surface area contributed by atoms with Crippen LogP contribution < -0.4 is 0 Å². The smallest absolute Gasteiger partial charge is 0.0973 e. The van der Waals surface area contributed by atoms with E-state index in [9.17, 15) is 0 Å². The lowest BCUT2D eigenvalue weighted by atomic mass is 9.98. The second-order valence-corrected chi connectivity index (χ2v) is 14.9. The van der Waals surface area contributed by atoms with Crippen molar-refractivity contribution in [2.45, 2.75) is 0 Å². The summed E-state index contributed by atoms with van der Waals surface area (Å²) in [5, 5.41) is 7.49.